The second-order valence-electron chi connectivity index (χ2n) is 1.23. The van der Waals surface area contributed by atoms with E-state index in [0.29, 0.717) is 6.33 Å². The highest BCUT2D eigenvalue weighted by Crippen LogP contribution is 1.89. The maximum absolute atomic E-state index is 11.1. The predicted molar refractivity (Wildman–Crippen MR) is 29.7 cm³/mol. The van der Waals surface area contributed by atoms with Crippen molar-refractivity contribution in [2.75, 3.05) is 0 Å². The minimum atomic E-state index is 0.559. The smallest absolute Gasteiger partial charge is 0.0827 e. The lowest BCUT2D eigenvalue weighted by Gasteiger charge is -1.77. The maximum Gasteiger partial charge on any atom is 0.0827 e. The zero-order valence-corrected chi connectivity index (χ0v) is 4.23. The van der Waals surface area contributed by atoms with Crippen LogP contribution in [0, 0.1) is 0 Å². The fourth-order valence-electron chi connectivity index (χ4n) is 0.277. The molecule has 0 saturated heterocycles. The molecule has 0 aliphatic carbocycles. The SMILES string of the molecule is C=CCCC=CF. The number of hydrogen-bond acceptors (Lipinski definition) is 0. The van der Waals surface area contributed by atoms with Crippen molar-refractivity contribution in [1.29, 1.82) is 0 Å². The Bertz CT molecular complexity index is 64.6. The minimum Gasteiger partial charge on any atom is -0.216 e. The van der Waals surface area contributed by atoms with Crippen molar-refractivity contribution >= 4 is 0 Å². The van der Waals surface area contributed by atoms with Crippen LogP contribution in [0.25, 0.3) is 0 Å². The predicted octanol–water partition coefficient (Wildman–Crippen LogP) is 2.44. The van der Waals surface area contributed by atoms with Crippen LogP contribution < -0.4 is 0 Å². The monoisotopic (exact) mass is 100 g/mol. The van der Waals surface area contributed by atoms with Gasteiger partial charge in [-0.3, -0.25) is 0 Å². The van der Waals surface area contributed by atoms with E-state index in [1.807, 2.05) is 0 Å². The first-order chi connectivity index (χ1) is 3.41. The third-order valence-electron chi connectivity index (χ3n) is 0.627. The summed E-state index contributed by atoms with van der Waals surface area (Å²) in [6.45, 7) is 3.48. The summed E-state index contributed by atoms with van der Waals surface area (Å²) >= 11 is 0. The number of halogens is 1. The van der Waals surface area contributed by atoms with Gasteiger partial charge in [0.2, 0.25) is 0 Å². The van der Waals surface area contributed by atoms with E-state index < -0.39 is 0 Å². The molecule has 0 aliphatic heterocycles. The van der Waals surface area contributed by atoms with Gasteiger partial charge in [0.25, 0.3) is 0 Å². The lowest BCUT2D eigenvalue weighted by Crippen LogP contribution is -1.58. The molecule has 0 aromatic rings. The minimum absolute atomic E-state index is 0.559. The van der Waals surface area contributed by atoms with Gasteiger partial charge in [-0.1, -0.05) is 12.2 Å². The molecule has 7 heavy (non-hydrogen) atoms. The van der Waals surface area contributed by atoms with Crippen molar-refractivity contribution < 1.29 is 4.39 Å². The van der Waals surface area contributed by atoms with Crippen LogP contribution in [0.1, 0.15) is 12.8 Å². The lowest BCUT2D eigenvalue weighted by atomic mass is 10.3. The van der Waals surface area contributed by atoms with Crippen LogP contribution in [0.15, 0.2) is 25.1 Å². The number of unbranched alkanes of at least 4 members (excludes halogenated alkanes) is 1. The number of hydrogen-bond donors (Lipinski definition) is 0. The molecule has 0 aromatic heterocycles. The standard InChI is InChI=1S/C6H9F/c1-2-3-4-5-6-7/h2,5-6H,1,3-4H2. The van der Waals surface area contributed by atoms with Gasteiger partial charge in [0, 0.05) is 0 Å². The zero-order chi connectivity index (χ0) is 5.54. The van der Waals surface area contributed by atoms with Gasteiger partial charge >= 0.3 is 0 Å². The van der Waals surface area contributed by atoms with E-state index in [2.05, 4.69) is 6.58 Å². The lowest BCUT2D eigenvalue weighted by molar-refractivity contribution is 0.713. The van der Waals surface area contributed by atoms with Gasteiger partial charge in [0.05, 0.1) is 6.33 Å². The van der Waals surface area contributed by atoms with E-state index in [1.165, 1.54) is 6.08 Å². The molecule has 0 heterocycles. The molecule has 0 radical (unpaired) electrons. The van der Waals surface area contributed by atoms with Crippen molar-refractivity contribution in [3.63, 3.8) is 0 Å². The normalized spacial score (nSPS) is 9.86. The van der Waals surface area contributed by atoms with Crippen molar-refractivity contribution in [3.8, 4) is 0 Å². The highest BCUT2D eigenvalue weighted by atomic mass is 19.1. The Balaban J connectivity index is 2.82. The van der Waals surface area contributed by atoms with E-state index in [4.69, 9.17) is 0 Å². The van der Waals surface area contributed by atoms with Crippen LogP contribution in [0.4, 0.5) is 4.39 Å². The summed E-state index contributed by atoms with van der Waals surface area (Å²) in [5.41, 5.74) is 0. The molecule has 0 aliphatic rings. The topological polar surface area (TPSA) is 0 Å². The van der Waals surface area contributed by atoms with Crippen molar-refractivity contribution in [1.82, 2.24) is 0 Å². The van der Waals surface area contributed by atoms with Crippen molar-refractivity contribution in [2.24, 2.45) is 0 Å². The van der Waals surface area contributed by atoms with Gasteiger partial charge < -0.3 is 0 Å². The molecule has 0 spiro atoms. The first-order valence-electron chi connectivity index (χ1n) is 2.28. The summed E-state index contributed by atoms with van der Waals surface area (Å²) in [4.78, 5) is 0. The second-order valence-corrected chi connectivity index (χ2v) is 1.23. The molecule has 0 unspecified atom stereocenters. The van der Waals surface area contributed by atoms with E-state index >= 15 is 0 Å². The Kier molecular flexibility index (Phi) is 4.95. The average molecular weight is 100 g/mol. The van der Waals surface area contributed by atoms with E-state index in [1.54, 1.807) is 6.08 Å². The fraction of sp³-hybridized carbons (Fsp3) is 0.333. The molecule has 0 rings (SSSR count). The van der Waals surface area contributed by atoms with Crippen LogP contribution in [-0.2, 0) is 0 Å². The summed E-state index contributed by atoms with van der Waals surface area (Å²) in [7, 11) is 0. The van der Waals surface area contributed by atoms with Gasteiger partial charge in [-0.05, 0) is 12.8 Å². The Morgan fingerprint density at radius 1 is 1.43 bits per heavy atom. The third-order valence-corrected chi connectivity index (χ3v) is 0.627. The summed E-state index contributed by atoms with van der Waals surface area (Å²) in [5.74, 6) is 0. The summed E-state index contributed by atoms with van der Waals surface area (Å²) < 4.78 is 11.1. The molecular weight excluding hydrogens is 91.1 g/mol. The van der Waals surface area contributed by atoms with E-state index in [9.17, 15) is 4.39 Å². The Hall–Kier alpha value is -0.590. The van der Waals surface area contributed by atoms with Crippen LogP contribution in [0.3, 0.4) is 0 Å². The molecule has 0 nitrogen and oxygen atoms in total. The van der Waals surface area contributed by atoms with Crippen molar-refractivity contribution in [3.05, 3.63) is 25.1 Å². The van der Waals surface area contributed by atoms with E-state index in [-0.39, 0.29) is 0 Å². The molecule has 0 amide bonds. The molecule has 0 bridgehead atoms. The Morgan fingerprint density at radius 3 is 2.57 bits per heavy atom. The van der Waals surface area contributed by atoms with Gasteiger partial charge in [-0.25, -0.2) is 4.39 Å². The number of rotatable bonds is 3. The average Bonchev–Trinajstić information content (AvgIpc) is 1.69. The van der Waals surface area contributed by atoms with Gasteiger partial charge in [0.1, 0.15) is 0 Å². The van der Waals surface area contributed by atoms with E-state index in [0.717, 1.165) is 12.8 Å². The molecule has 0 atom stereocenters. The fourth-order valence-corrected chi connectivity index (χ4v) is 0.277. The van der Waals surface area contributed by atoms with Gasteiger partial charge in [-0.15, -0.1) is 6.58 Å². The first-order valence-corrected chi connectivity index (χ1v) is 2.28. The first kappa shape index (κ1) is 6.41. The Morgan fingerprint density at radius 2 is 2.14 bits per heavy atom. The van der Waals surface area contributed by atoms with Crippen molar-refractivity contribution in [2.45, 2.75) is 12.8 Å². The Labute approximate surface area is 43.4 Å². The molecule has 0 aromatic carbocycles. The summed E-state index contributed by atoms with van der Waals surface area (Å²) in [6, 6.07) is 0. The molecular formula is C6H9F. The summed E-state index contributed by atoms with van der Waals surface area (Å²) in [5, 5.41) is 0. The van der Waals surface area contributed by atoms with Gasteiger partial charge in [0.15, 0.2) is 0 Å². The molecule has 0 fully saturated rings. The molecule has 40 valence electrons. The molecule has 1 heteroatoms. The van der Waals surface area contributed by atoms with Crippen LogP contribution in [0.5, 0.6) is 0 Å². The van der Waals surface area contributed by atoms with Gasteiger partial charge in [-0.2, -0.15) is 0 Å². The highest BCUT2D eigenvalue weighted by Gasteiger charge is 1.69. The maximum atomic E-state index is 11.1. The quantitative estimate of drug-likeness (QED) is 0.377. The number of allylic oxidation sites excluding steroid dienone is 2. The summed E-state index contributed by atoms with van der Waals surface area (Å²) in [6.07, 6.45) is 5.42. The van der Waals surface area contributed by atoms with Crippen LogP contribution in [0.2, 0.25) is 0 Å². The second kappa shape index (κ2) is 5.41. The zero-order valence-electron chi connectivity index (χ0n) is 4.23. The third kappa shape index (κ3) is 5.41. The van der Waals surface area contributed by atoms with Crippen LogP contribution in [-0.4, -0.2) is 0 Å². The highest BCUT2D eigenvalue weighted by molar-refractivity contribution is 4.77. The largest absolute Gasteiger partial charge is 0.216 e. The molecule has 0 saturated carbocycles. The van der Waals surface area contributed by atoms with Crippen LogP contribution >= 0.6 is 0 Å². The molecule has 0 N–H and O–H groups in total.